The van der Waals surface area contributed by atoms with Gasteiger partial charge in [0.25, 0.3) is 0 Å². The molecule has 1 rings (SSSR count). The molecule has 1 aliphatic heterocycles. The maximum atomic E-state index is 11.3. The number of piperidine rings is 1. The van der Waals surface area contributed by atoms with Crippen LogP contribution >= 0.6 is 12.6 Å². The van der Waals surface area contributed by atoms with Crippen LogP contribution in [0.5, 0.6) is 0 Å². The molecule has 0 aliphatic carbocycles. The highest BCUT2D eigenvalue weighted by Gasteiger charge is 2.22. The second kappa shape index (κ2) is 4.72. The molecule has 0 aromatic rings. The molecule has 0 bridgehead atoms. The third-order valence-electron chi connectivity index (χ3n) is 1.99. The van der Waals surface area contributed by atoms with E-state index in [4.69, 9.17) is 4.74 Å². The Morgan fingerprint density at radius 3 is 2.62 bits per heavy atom. The van der Waals surface area contributed by atoms with Gasteiger partial charge in [0.15, 0.2) is 0 Å². The van der Waals surface area contributed by atoms with Crippen LogP contribution in [0.2, 0.25) is 0 Å². The lowest BCUT2D eigenvalue weighted by Crippen LogP contribution is -2.40. The number of hydrogen-bond donors (Lipinski definition) is 2. The number of likely N-dealkylation sites (tertiary alicyclic amines) is 1. The van der Waals surface area contributed by atoms with E-state index in [0.717, 1.165) is 0 Å². The summed E-state index contributed by atoms with van der Waals surface area (Å²) in [7, 11) is 0. The first-order chi connectivity index (χ1) is 6.09. The largest absolute Gasteiger partial charge is 0.436 e. The van der Waals surface area contributed by atoms with Gasteiger partial charge in [0.05, 0.1) is 6.10 Å². The Balaban J connectivity index is 2.31. The molecular weight excluding hydrogens is 190 g/mol. The molecule has 0 radical (unpaired) electrons. The third kappa shape index (κ3) is 3.44. The Kier molecular flexibility index (Phi) is 3.87. The van der Waals surface area contributed by atoms with Crippen LogP contribution in [0.15, 0.2) is 0 Å². The van der Waals surface area contributed by atoms with E-state index in [1.165, 1.54) is 0 Å². The molecule has 0 spiro atoms. The van der Waals surface area contributed by atoms with E-state index >= 15 is 0 Å². The zero-order valence-corrected chi connectivity index (χ0v) is 8.54. The molecule has 4 nitrogen and oxygen atoms in total. The van der Waals surface area contributed by atoms with Gasteiger partial charge in [-0.1, -0.05) is 0 Å². The minimum atomic E-state index is -0.376. The van der Waals surface area contributed by atoms with Crippen molar-refractivity contribution >= 4 is 18.7 Å². The van der Waals surface area contributed by atoms with Crippen LogP contribution in [0.1, 0.15) is 19.8 Å². The van der Waals surface area contributed by atoms with Gasteiger partial charge in [-0.3, -0.25) is 0 Å². The molecule has 0 saturated carbocycles. The first-order valence-electron chi connectivity index (χ1n) is 4.41. The van der Waals surface area contributed by atoms with Gasteiger partial charge in [0.2, 0.25) is 0 Å². The lowest BCUT2D eigenvalue weighted by atomic mass is 10.1. The highest BCUT2D eigenvalue weighted by Crippen LogP contribution is 2.12. The summed E-state index contributed by atoms with van der Waals surface area (Å²) >= 11 is 3.96. The van der Waals surface area contributed by atoms with Gasteiger partial charge in [-0.2, -0.15) is 0 Å². The molecule has 0 aromatic carbocycles. The van der Waals surface area contributed by atoms with Crippen molar-refractivity contribution in [2.24, 2.45) is 0 Å². The minimum Gasteiger partial charge on any atom is -0.436 e. The molecule has 1 heterocycles. The number of carbonyl (C=O) groups is 1. The quantitative estimate of drug-likeness (QED) is 0.493. The van der Waals surface area contributed by atoms with Gasteiger partial charge in [-0.25, -0.2) is 4.79 Å². The predicted octanol–water partition coefficient (Wildman–Crippen LogP) is 0.855. The summed E-state index contributed by atoms with van der Waals surface area (Å²) in [5, 5.41) is 9.20. The Hall–Kier alpha value is -0.420. The Morgan fingerprint density at radius 2 is 2.15 bits per heavy atom. The molecule has 1 unspecified atom stereocenters. The third-order valence-corrected chi connectivity index (χ3v) is 2.10. The number of thiol groups is 1. The van der Waals surface area contributed by atoms with Gasteiger partial charge in [-0.05, 0) is 19.8 Å². The van der Waals surface area contributed by atoms with Crippen molar-refractivity contribution in [1.82, 2.24) is 4.90 Å². The van der Waals surface area contributed by atoms with Crippen molar-refractivity contribution < 1.29 is 14.6 Å². The number of aliphatic hydroxyl groups is 1. The Bertz CT molecular complexity index is 178. The summed E-state index contributed by atoms with van der Waals surface area (Å²) in [4.78, 5) is 12.9. The van der Waals surface area contributed by atoms with Crippen LogP contribution < -0.4 is 0 Å². The molecule has 1 N–H and O–H groups in total. The zero-order chi connectivity index (χ0) is 9.84. The fourth-order valence-electron chi connectivity index (χ4n) is 1.27. The van der Waals surface area contributed by atoms with E-state index in [-0.39, 0.29) is 17.6 Å². The van der Waals surface area contributed by atoms with Crippen molar-refractivity contribution in [2.45, 2.75) is 31.3 Å². The lowest BCUT2D eigenvalue weighted by Gasteiger charge is -2.29. The molecule has 1 aliphatic rings. The molecule has 1 amide bonds. The van der Waals surface area contributed by atoms with E-state index in [1.54, 1.807) is 11.8 Å². The maximum absolute atomic E-state index is 11.3. The fraction of sp³-hybridized carbons (Fsp3) is 0.875. The van der Waals surface area contributed by atoms with Gasteiger partial charge in [0, 0.05) is 13.1 Å². The van der Waals surface area contributed by atoms with E-state index in [1.807, 2.05) is 0 Å². The summed E-state index contributed by atoms with van der Waals surface area (Å²) in [6.45, 7) is 2.83. The summed E-state index contributed by atoms with van der Waals surface area (Å²) in [5.41, 5.74) is -0.376. The summed E-state index contributed by atoms with van der Waals surface area (Å²) in [5.74, 6) is 0. The van der Waals surface area contributed by atoms with Crippen LogP contribution in [-0.4, -0.2) is 40.7 Å². The second-order valence-electron chi connectivity index (χ2n) is 3.20. The van der Waals surface area contributed by atoms with Crippen LogP contribution in [0.3, 0.4) is 0 Å². The monoisotopic (exact) mass is 205 g/mol. The number of nitrogens with zero attached hydrogens (tertiary/aromatic N) is 1. The standard InChI is InChI=1S/C8H15NO3S/c1-6(13)12-8(11)9-4-2-7(10)3-5-9/h6-7,10,13H,2-5H2,1H3. The Morgan fingerprint density at radius 1 is 1.62 bits per heavy atom. The van der Waals surface area contributed by atoms with E-state index in [2.05, 4.69) is 12.6 Å². The number of rotatable bonds is 1. The molecule has 76 valence electrons. The average Bonchev–Trinajstić information content (AvgIpc) is 2.04. The maximum Gasteiger partial charge on any atom is 0.410 e. The first-order valence-corrected chi connectivity index (χ1v) is 4.93. The van der Waals surface area contributed by atoms with Crippen molar-refractivity contribution in [1.29, 1.82) is 0 Å². The van der Waals surface area contributed by atoms with Crippen molar-refractivity contribution in [3.05, 3.63) is 0 Å². The van der Waals surface area contributed by atoms with Crippen molar-refractivity contribution in [3.63, 3.8) is 0 Å². The van der Waals surface area contributed by atoms with Gasteiger partial charge < -0.3 is 14.7 Å². The normalized spacial score (nSPS) is 21.3. The molecule has 13 heavy (non-hydrogen) atoms. The van der Waals surface area contributed by atoms with E-state index in [0.29, 0.717) is 25.9 Å². The first kappa shape index (κ1) is 10.7. The summed E-state index contributed by atoms with van der Waals surface area (Å²) in [6, 6.07) is 0. The second-order valence-corrected chi connectivity index (χ2v) is 3.93. The van der Waals surface area contributed by atoms with Gasteiger partial charge >= 0.3 is 6.09 Å². The van der Waals surface area contributed by atoms with Crippen molar-refractivity contribution in [3.8, 4) is 0 Å². The number of carbonyl (C=O) groups excluding carboxylic acids is 1. The van der Waals surface area contributed by atoms with Crippen LogP contribution in [0.4, 0.5) is 4.79 Å². The van der Waals surface area contributed by atoms with Gasteiger partial charge in [-0.15, -0.1) is 12.6 Å². The highest BCUT2D eigenvalue weighted by molar-refractivity contribution is 7.80. The van der Waals surface area contributed by atoms with E-state index < -0.39 is 0 Å². The molecule has 0 aromatic heterocycles. The summed E-state index contributed by atoms with van der Waals surface area (Å²) < 4.78 is 4.89. The number of hydrogen-bond acceptors (Lipinski definition) is 4. The van der Waals surface area contributed by atoms with Gasteiger partial charge in [0.1, 0.15) is 5.44 Å². The number of ether oxygens (including phenoxy) is 1. The molecule has 5 heteroatoms. The number of amides is 1. The van der Waals surface area contributed by atoms with Crippen molar-refractivity contribution in [2.75, 3.05) is 13.1 Å². The zero-order valence-electron chi connectivity index (χ0n) is 7.64. The molecular formula is C8H15NO3S. The molecule has 1 atom stereocenters. The van der Waals surface area contributed by atoms with Crippen LogP contribution in [0.25, 0.3) is 0 Å². The fourth-order valence-corrected chi connectivity index (χ4v) is 1.36. The smallest absolute Gasteiger partial charge is 0.410 e. The van der Waals surface area contributed by atoms with Crippen LogP contribution in [0, 0.1) is 0 Å². The average molecular weight is 205 g/mol. The van der Waals surface area contributed by atoms with Crippen LogP contribution in [-0.2, 0) is 4.74 Å². The minimum absolute atomic E-state index is 0.266. The summed E-state index contributed by atoms with van der Waals surface area (Å²) in [6.07, 6.45) is 0.665. The lowest BCUT2D eigenvalue weighted by molar-refractivity contribution is 0.0572. The molecule has 1 fully saturated rings. The topological polar surface area (TPSA) is 49.8 Å². The SMILES string of the molecule is CC(S)OC(=O)N1CCC(O)CC1. The number of aliphatic hydroxyl groups excluding tert-OH is 1. The molecule has 1 saturated heterocycles. The van der Waals surface area contributed by atoms with E-state index in [9.17, 15) is 9.90 Å². The predicted molar refractivity (Wildman–Crippen MR) is 51.7 cm³/mol. The highest BCUT2D eigenvalue weighted by atomic mass is 32.1. The Labute approximate surface area is 83.3 Å².